The maximum absolute atomic E-state index is 11.5. The summed E-state index contributed by atoms with van der Waals surface area (Å²) in [6.45, 7) is 0. The third-order valence-electron chi connectivity index (χ3n) is 3.93. The van der Waals surface area contributed by atoms with Gasteiger partial charge in [0.25, 0.3) is 0 Å². The Morgan fingerprint density at radius 1 is 1.29 bits per heavy atom. The molecule has 0 radical (unpaired) electrons. The molecular formula is C16H18N2O3. The predicted molar refractivity (Wildman–Crippen MR) is 78.3 cm³/mol. The molecule has 0 atom stereocenters. The molecule has 5 heteroatoms. The Hall–Kier alpha value is -2.30. The van der Waals surface area contributed by atoms with Crippen molar-refractivity contribution >= 4 is 5.97 Å². The maximum Gasteiger partial charge on any atom is 0.356 e. The number of hydrogen-bond donors (Lipinski definition) is 1. The Labute approximate surface area is 123 Å². The highest BCUT2D eigenvalue weighted by Gasteiger charge is 2.24. The molecule has 0 amide bonds. The van der Waals surface area contributed by atoms with E-state index < -0.39 is 5.97 Å². The van der Waals surface area contributed by atoms with Crippen molar-refractivity contribution in [3.05, 3.63) is 41.2 Å². The van der Waals surface area contributed by atoms with Crippen LogP contribution in [0.4, 0.5) is 0 Å². The van der Waals surface area contributed by atoms with Crippen molar-refractivity contribution in [3.8, 4) is 11.4 Å². The van der Waals surface area contributed by atoms with E-state index in [0.29, 0.717) is 0 Å². The highest BCUT2D eigenvalue weighted by Crippen LogP contribution is 2.27. The molecule has 2 aromatic rings. The van der Waals surface area contributed by atoms with Gasteiger partial charge in [0.15, 0.2) is 5.69 Å². The predicted octanol–water partition coefficient (Wildman–Crippen LogP) is 2.85. The van der Waals surface area contributed by atoms with Crippen LogP contribution < -0.4 is 4.74 Å². The number of fused-ring (bicyclic) bond motifs is 1. The lowest BCUT2D eigenvalue weighted by Gasteiger charge is -2.08. The van der Waals surface area contributed by atoms with Gasteiger partial charge in [0.2, 0.25) is 0 Å². The third kappa shape index (κ3) is 2.51. The molecule has 0 unspecified atom stereocenters. The third-order valence-corrected chi connectivity index (χ3v) is 3.93. The first-order chi connectivity index (χ1) is 10.2. The maximum atomic E-state index is 11.5. The van der Waals surface area contributed by atoms with E-state index in [2.05, 4.69) is 5.10 Å². The molecule has 1 aliphatic rings. The average Bonchev–Trinajstić information content (AvgIpc) is 2.69. The molecule has 1 aliphatic carbocycles. The summed E-state index contributed by atoms with van der Waals surface area (Å²) in [7, 11) is 1.62. The Balaban J connectivity index is 2.15. The second-order valence-electron chi connectivity index (χ2n) is 5.25. The lowest BCUT2D eigenvalue weighted by atomic mass is 10.1. The first kappa shape index (κ1) is 13.7. The van der Waals surface area contributed by atoms with Crippen molar-refractivity contribution in [1.82, 2.24) is 9.78 Å². The van der Waals surface area contributed by atoms with E-state index in [9.17, 15) is 9.90 Å². The molecule has 0 bridgehead atoms. The summed E-state index contributed by atoms with van der Waals surface area (Å²) in [5, 5.41) is 13.7. The molecule has 0 saturated carbocycles. The van der Waals surface area contributed by atoms with Crippen LogP contribution in [0.1, 0.15) is 41.0 Å². The van der Waals surface area contributed by atoms with Gasteiger partial charge in [0.1, 0.15) is 5.75 Å². The molecule has 3 rings (SSSR count). The van der Waals surface area contributed by atoms with Gasteiger partial charge in [-0.3, -0.25) is 0 Å². The zero-order valence-corrected chi connectivity index (χ0v) is 12.0. The first-order valence-corrected chi connectivity index (χ1v) is 7.19. The SMILES string of the molecule is COc1cccc(-n2nc(C(=O)O)c3c2CCCCC3)c1. The highest BCUT2D eigenvalue weighted by atomic mass is 16.5. The number of rotatable bonds is 3. The van der Waals surface area contributed by atoms with Gasteiger partial charge < -0.3 is 9.84 Å². The summed E-state index contributed by atoms with van der Waals surface area (Å²) < 4.78 is 7.01. The standard InChI is InChI=1S/C16H18N2O3/c1-21-12-7-5-6-11(10-12)18-14-9-4-2-3-8-13(14)15(17-18)16(19)20/h5-7,10H,2-4,8-9H2,1H3,(H,19,20). The van der Waals surface area contributed by atoms with Crippen molar-refractivity contribution in [1.29, 1.82) is 0 Å². The van der Waals surface area contributed by atoms with E-state index in [1.54, 1.807) is 11.8 Å². The number of carboxylic acid groups (broad SMARTS) is 1. The number of methoxy groups -OCH3 is 1. The van der Waals surface area contributed by atoms with Gasteiger partial charge in [0.05, 0.1) is 12.8 Å². The molecule has 5 nitrogen and oxygen atoms in total. The number of aromatic carboxylic acids is 1. The van der Waals surface area contributed by atoms with E-state index in [0.717, 1.165) is 54.8 Å². The van der Waals surface area contributed by atoms with Crippen LogP contribution in [0.2, 0.25) is 0 Å². The second-order valence-corrected chi connectivity index (χ2v) is 5.25. The number of aromatic nitrogens is 2. The van der Waals surface area contributed by atoms with Crippen LogP contribution in [0.5, 0.6) is 5.75 Å². The molecule has 1 aromatic carbocycles. The minimum atomic E-state index is -0.949. The molecule has 0 saturated heterocycles. The Kier molecular flexibility index (Phi) is 3.64. The van der Waals surface area contributed by atoms with Gasteiger partial charge in [-0.1, -0.05) is 12.5 Å². The zero-order chi connectivity index (χ0) is 14.8. The minimum Gasteiger partial charge on any atom is -0.497 e. The van der Waals surface area contributed by atoms with Crippen LogP contribution >= 0.6 is 0 Å². The van der Waals surface area contributed by atoms with Crippen LogP contribution in [-0.4, -0.2) is 28.0 Å². The van der Waals surface area contributed by atoms with Crippen molar-refractivity contribution < 1.29 is 14.6 Å². The minimum absolute atomic E-state index is 0.190. The molecule has 1 heterocycles. The van der Waals surface area contributed by atoms with Gasteiger partial charge in [-0.05, 0) is 37.8 Å². The van der Waals surface area contributed by atoms with E-state index in [4.69, 9.17) is 4.74 Å². The summed E-state index contributed by atoms with van der Waals surface area (Å²) in [5.41, 5.74) is 2.95. The van der Waals surface area contributed by atoms with E-state index in [1.807, 2.05) is 24.3 Å². The number of nitrogens with zero attached hydrogens (tertiary/aromatic N) is 2. The highest BCUT2D eigenvalue weighted by molar-refractivity contribution is 5.87. The van der Waals surface area contributed by atoms with E-state index in [1.165, 1.54) is 0 Å². The summed E-state index contributed by atoms with van der Waals surface area (Å²) >= 11 is 0. The number of carbonyl (C=O) groups is 1. The normalized spacial score (nSPS) is 14.3. The zero-order valence-electron chi connectivity index (χ0n) is 12.0. The molecule has 1 aromatic heterocycles. The van der Waals surface area contributed by atoms with Gasteiger partial charge in [0, 0.05) is 17.3 Å². The molecule has 110 valence electrons. The lowest BCUT2D eigenvalue weighted by molar-refractivity contribution is 0.0688. The van der Waals surface area contributed by atoms with Gasteiger partial charge in [-0.25, -0.2) is 9.48 Å². The monoisotopic (exact) mass is 286 g/mol. The molecule has 0 fully saturated rings. The lowest BCUT2D eigenvalue weighted by Crippen LogP contribution is -2.04. The van der Waals surface area contributed by atoms with E-state index >= 15 is 0 Å². The molecule has 0 aliphatic heterocycles. The number of carboxylic acids is 1. The van der Waals surface area contributed by atoms with Crippen molar-refractivity contribution in [2.24, 2.45) is 0 Å². The van der Waals surface area contributed by atoms with Crippen LogP contribution in [0.3, 0.4) is 0 Å². The number of hydrogen-bond acceptors (Lipinski definition) is 3. The second kappa shape index (κ2) is 5.60. The van der Waals surface area contributed by atoms with Gasteiger partial charge in [-0.2, -0.15) is 5.10 Å². The molecule has 1 N–H and O–H groups in total. The van der Waals surface area contributed by atoms with Crippen LogP contribution in [0, 0.1) is 0 Å². The largest absolute Gasteiger partial charge is 0.497 e. The quantitative estimate of drug-likeness (QED) is 0.881. The number of ether oxygens (including phenoxy) is 1. The Morgan fingerprint density at radius 2 is 2.10 bits per heavy atom. The van der Waals surface area contributed by atoms with Crippen LogP contribution in [0.25, 0.3) is 5.69 Å². The van der Waals surface area contributed by atoms with Gasteiger partial charge >= 0.3 is 5.97 Å². The first-order valence-electron chi connectivity index (χ1n) is 7.19. The summed E-state index contributed by atoms with van der Waals surface area (Å²) in [6.07, 6.45) is 4.89. The van der Waals surface area contributed by atoms with Crippen LogP contribution in [-0.2, 0) is 12.8 Å². The smallest absolute Gasteiger partial charge is 0.356 e. The Bertz CT molecular complexity index is 676. The van der Waals surface area contributed by atoms with E-state index in [-0.39, 0.29) is 5.69 Å². The van der Waals surface area contributed by atoms with Gasteiger partial charge in [-0.15, -0.1) is 0 Å². The van der Waals surface area contributed by atoms with Crippen molar-refractivity contribution in [2.75, 3.05) is 7.11 Å². The van der Waals surface area contributed by atoms with Crippen LogP contribution in [0.15, 0.2) is 24.3 Å². The fraction of sp³-hybridized carbons (Fsp3) is 0.375. The molecular weight excluding hydrogens is 268 g/mol. The number of benzene rings is 1. The van der Waals surface area contributed by atoms with Crippen molar-refractivity contribution in [2.45, 2.75) is 32.1 Å². The molecule has 0 spiro atoms. The fourth-order valence-electron chi connectivity index (χ4n) is 2.90. The topological polar surface area (TPSA) is 64.4 Å². The molecule has 21 heavy (non-hydrogen) atoms. The summed E-state index contributed by atoms with van der Waals surface area (Å²) in [6, 6.07) is 7.55. The fourth-order valence-corrected chi connectivity index (χ4v) is 2.90. The average molecular weight is 286 g/mol. The summed E-state index contributed by atoms with van der Waals surface area (Å²) in [5.74, 6) is -0.211. The Morgan fingerprint density at radius 3 is 2.86 bits per heavy atom. The van der Waals surface area contributed by atoms with Crippen molar-refractivity contribution in [3.63, 3.8) is 0 Å². The summed E-state index contributed by atoms with van der Waals surface area (Å²) in [4.78, 5) is 11.5.